The van der Waals surface area contributed by atoms with Crippen LogP contribution in [0.4, 0.5) is 4.39 Å². The standard InChI is InChI=1S/C24H26BrFN2O/c1-2-3-4-15-28(24(29)20-9-11-21(25)12-10-20)18-23-6-5-16-27(23)17-19-7-13-22(26)14-8-19/h5-14,16H,2-4,15,17-18H2,1H3. The van der Waals surface area contributed by atoms with Gasteiger partial charge in [0.05, 0.1) is 6.54 Å². The Bertz CT molecular complexity index is 919. The Morgan fingerprint density at radius 1 is 1.03 bits per heavy atom. The summed E-state index contributed by atoms with van der Waals surface area (Å²) < 4.78 is 16.3. The van der Waals surface area contributed by atoms with Gasteiger partial charge in [-0.15, -0.1) is 0 Å². The van der Waals surface area contributed by atoms with E-state index < -0.39 is 0 Å². The number of benzene rings is 2. The van der Waals surface area contributed by atoms with Crippen molar-refractivity contribution in [1.82, 2.24) is 9.47 Å². The number of carbonyl (C=O) groups is 1. The van der Waals surface area contributed by atoms with E-state index in [4.69, 9.17) is 0 Å². The molecule has 0 N–H and O–H groups in total. The normalized spacial score (nSPS) is 10.9. The molecule has 2 aromatic carbocycles. The first-order valence-electron chi connectivity index (χ1n) is 10.00. The van der Waals surface area contributed by atoms with Crippen LogP contribution in [0, 0.1) is 5.82 Å². The lowest BCUT2D eigenvalue weighted by atomic mass is 10.1. The van der Waals surface area contributed by atoms with Crippen molar-refractivity contribution in [2.75, 3.05) is 6.54 Å². The minimum Gasteiger partial charge on any atom is -0.345 e. The van der Waals surface area contributed by atoms with Gasteiger partial charge in [0.2, 0.25) is 0 Å². The fraction of sp³-hybridized carbons (Fsp3) is 0.292. The van der Waals surface area contributed by atoms with Crippen molar-refractivity contribution in [3.63, 3.8) is 0 Å². The second kappa shape index (κ2) is 10.4. The molecule has 0 saturated heterocycles. The van der Waals surface area contributed by atoms with Gasteiger partial charge < -0.3 is 9.47 Å². The molecular weight excluding hydrogens is 431 g/mol. The quantitative estimate of drug-likeness (QED) is 0.348. The van der Waals surface area contributed by atoms with E-state index >= 15 is 0 Å². The van der Waals surface area contributed by atoms with Gasteiger partial charge in [-0.05, 0) is 60.5 Å². The summed E-state index contributed by atoms with van der Waals surface area (Å²) in [6, 6.07) is 18.1. The van der Waals surface area contributed by atoms with Crippen molar-refractivity contribution in [3.8, 4) is 0 Å². The summed E-state index contributed by atoms with van der Waals surface area (Å²) in [4.78, 5) is 15.1. The summed E-state index contributed by atoms with van der Waals surface area (Å²) in [5.41, 5.74) is 2.79. The van der Waals surface area contributed by atoms with Crippen molar-refractivity contribution < 1.29 is 9.18 Å². The fourth-order valence-electron chi connectivity index (χ4n) is 3.31. The summed E-state index contributed by atoms with van der Waals surface area (Å²) in [5, 5.41) is 0. The monoisotopic (exact) mass is 456 g/mol. The third-order valence-corrected chi connectivity index (χ3v) is 5.48. The van der Waals surface area contributed by atoms with Gasteiger partial charge in [-0.2, -0.15) is 0 Å². The van der Waals surface area contributed by atoms with Crippen LogP contribution in [-0.2, 0) is 13.1 Å². The van der Waals surface area contributed by atoms with Crippen LogP contribution in [0.5, 0.6) is 0 Å². The van der Waals surface area contributed by atoms with Crippen LogP contribution in [0.1, 0.15) is 47.8 Å². The zero-order chi connectivity index (χ0) is 20.6. The highest BCUT2D eigenvalue weighted by Crippen LogP contribution is 2.17. The molecule has 0 fully saturated rings. The molecule has 1 aromatic heterocycles. The number of unbranched alkanes of at least 4 members (excludes halogenated alkanes) is 2. The van der Waals surface area contributed by atoms with Crippen molar-refractivity contribution in [2.45, 2.75) is 39.3 Å². The van der Waals surface area contributed by atoms with E-state index in [2.05, 4.69) is 27.4 Å². The molecule has 0 atom stereocenters. The first kappa shape index (κ1) is 21.3. The van der Waals surface area contributed by atoms with E-state index in [1.165, 1.54) is 12.1 Å². The van der Waals surface area contributed by atoms with Crippen molar-refractivity contribution in [2.24, 2.45) is 0 Å². The number of halogens is 2. The summed E-state index contributed by atoms with van der Waals surface area (Å²) in [6.07, 6.45) is 5.20. The molecule has 1 heterocycles. The topological polar surface area (TPSA) is 25.2 Å². The van der Waals surface area contributed by atoms with Gasteiger partial charge in [-0.25, -0.2) is 4.39 Å². The first-order valence-corrected chi connectivity index (χ1v) is 10.8. The number of carbonyl (C=O) groups excluding carboxylic acids is 1. The van der Waals surface area contributed by atoms with Crippen LogP contribution < -0.4 is 0 Å². The van der Waals surface area contributed by atoms with Gasteiger partial charge in [-0.1, -0.05) is 47.8 Å². The molecule has 0 saturated carbocycles. The van der Waals surface area contributed by atoms with Gasteiger partial charge in [0, 0.05) is 35.0 Å². The number of hydrogen-bond acceptors (Lipinski definition) is 1. The summed E-state index contributed by atoms with van der Waals surface area (Å²) in [5.74, 6) is -0.188. The van der Waals surface area contributed by atoms with Crippen LogP contribution in [0.3, 0.4) is 0 Å². The fourth-order valence-corrected chi connectivity index (χ4v) is 3.57. The lowest BCUT2D eigenvalue weighted by Gasteiger charge is -2.24. The Hall–Kier alpha value is -2.40. The molecule has 3 nitrogen and oxygen atoms in total. The van der Waals surface area contributed by atoms with Crippen LogP contribution >= 0.6 is 15.9 Å². The number of nitrogens with zero attached hydrogens (tertiary/aromatic N) is 2. The van der Waals surface area contributed by atoms with Gasteiger partial charge in [0.15, 0.2) is 0 Å². The molecule has 1 amide bonds. The van der Waals surface area contributed by atoms with E-state index in [9.17, 15) is 9.18 Å². The van der Waals surface area contributed by atoms with Crippen LogP contribution in [0.2, 0.25) is 0 Å². The second-order valence-corrected chi connectivity index (χ2v) is 8.11. The summed E-state index contributed by atoms with van der Waals surface area (Å²) >= 11 is 3.43. The smallest absolute Gasteiger partial charge is 0.254 e. The van der Waals surface area contributed by atoms with Crippen LogP contribution in [-0.4, -0.2) is 21.9 Å². The predicted octanol–water partition coefficient (Wildman–Crippen LogP) is 6.27. The van der Waals surface area contributed by atoms with E-state index in [1.807, 2.05) is 47.5 Å². The molecule has 5 heteroatoms. The zero-order valence-corrected chi connectivity index (χ0v) is 18.2. The largest absolute Gasteiger partial charge is 0.345 e. The lowest BCUT2D eigenvalue weighted by molar-refractivity contribution is 0.0736. The van der Waals surface area contributed by atoms with Crippen LogP contribution in [0.15, 0.2) is 71.3 Å². The minimum atomic E-state index is -0.233. The SMILES string of the molecule is CCCCCN(Cc1cccn1Cc1ccc(F)cc1)C(=O)c1ccc(Br)cc1. The molecule has 29 heavy (non-hydrogen) atoms. The molecular formula is C24H26BrFN2O. The molecule has 0 unspecified atom stereocenters. The first-order chi connectivity index (χ1) is 14.1. The van der Waals surface area contributed by atoms with Crippen molar-refractivity contribution >= 4 is 21.8 Å². The lowest BCUT2D eigenvalue weighted by Crippen LogP contribution is -2.32. The highest BCUT2D eigenvalue weighted by molar-refractivity contribution is 9.10. The summed E-state index contributed by atoms with van der Waals surface area (Å²) in [6.45, 7) is 4.09. The minimum absolute atomic E-state index is 0.0446. The Balaban J connectivity index is 1.77. The Labute approximate surface area is 180 Å². The average Bonchev–Trinajstić information content (AvgIpc) is 3.16. The Morgan fingerprint density at radius 3 is 2.45 bits per heavy atom. The summed E-state index contributed by atoms with van der Waals surface area (Å²) in [7, 11) is 0. The molecule has 0 aliphatic heterocycles. The second-order valence-electron chi connectivity index (χ2n) is 7.19. The highest BCUT2D eigenvalue weighted by atomic mass is 79.9. The maximum atomic E-state index is 13.2. The van der Waals surface area contributed by atoms with E-state index in [0.29, 0.717) is 18.7 Å². The molecule has 0 radical (unpaired) electrons. The zero-order valence-electron chi connectivity index (χ0n) is 16.7. The molecule has 0 bridgehead atoms. The molecule has 3 aromatic rings. The third kappa shape index (κ3) is 6.04. The molecule has 3 rings (SSSR count). The highest BCUT2D eigenvalue weighted by Gasteiger charge is 2.17. The van der Waals surface area contributed by atoms with E-state index in [0.717, 1.165) is 41.5 Å². The van der Waals surface area contributed by atoms with Gasteiger partial charge in [0.1, 0.15) is 5.82 Å². The third-order valence-electron chi connectivity index (χ3n) is 4.95. The Kier molecular flexibility index (Phi) is 7.64. The number of hydrogen-bond donors (Lipinski definition) is 0. The molecule has 0 spiro atoms. The van der Waals surface area contributed by atoms with Gasteiger partial charge in [0.25, 0.3) is 5.91 Å². The number of rotatable bonds is 9. The molecule has 152 valence electrons. The average molecular weight is 457 g/mol. The van der Waals surface area contributed by atoms with E-state index in [1.54, 1.807) is 12.1 Å². The van der Waals surface area contributed by atoms with Gasteiger partial charge >= 0.3 is 0 Å². The van der Waals surface area contributed by atoms with Crippen molar-refractivity contribution in [1.29, 1.82) is 0 Å². The van der Waals surface area contributed by atoms with Crippen LogP contribution in [0.25, 0.3) is 0 Å². The number of amides is 1. The maximum absolute atomic E-state index is 13.2. The molecule has 0 aliphatic carbocycles. The Morgan fingerprint density at radius 2 is 1.76 bits per heavy atom. The van der Waals surface area contributed by atoms with Gasteiger partial charge in [-0.3, -0.25) is 4.79 Å². The predicted molar refractivity (Wildman–Crippen MR) is 118 cm³/mol. The molecule has 0 aliphatic rings. The maximum Gasteiger partial charge on any atom is 0.254 e. The van der Waals surface area contributed by atoms with E-state index in [-0.39, 0.29) is 11.7 Å². The van der Waals surface area contributed by atoms with Crippen molar-refractivity contribution in [3.05, 3.63) is 94.0 Å². The number of aromatic nitrogens is 1.